The molecule has 1 unspecified atom stereocenters. The standard InChI is InChI=1S/C14H22FNO4/c1-12(2,3)20-11(19)16-8-13(5-4-6-13)7-14(15,9-16)10(17)18/h4-9H2,1-3H3,(H,17,18). The highest BCUT2D eigenvalue weighted by Crippen LogP contribution is 2.51. The first-order chi connectivity index (χ1) is 9.05. The summed E-state index contributed by atoms with van der Waals surface area (Å²) in [5, 5.41) is 9.13. The molecule has 0 aromatic carbocycles. The molecule has 1 saturated heterocycles. The van der Waals surface area contributed by atoms with Crippen LogP contribution < -0.4 is 0 Å². The molecular formula is C14H22FNO4. The molecule has 6 heteroatoms. The summed E-state index contributed by atoms with van der Waals surface area (Å²) in [7, 11) is 0. The van der Waals surface area contributed by atoms with Crippen LogP contribution in [-0.4, -0.2) is 46.4 Å². The first-order valence-corrected chi connectivity index (χ1v) is 6.96. The number of carbonyl (C=O) groups excluding carboxylic acids is 1. The van der Waals surface area contributed by atoms with Crippen molar-refractivity contribution < 1.29 is 23.8 Å². The molecule has 1 N–H and O–H groups in total. The monoisotopic (exact) mass is 287 g/mol. The molecule has 114 valence electrons. The smallest absolute Gasteiger partial charge is 0.410 e. The van der Waals surface area contributed by atoms with Gasteiger partial charge in [-0.15, -0.1) is 0 Å². The molecule has 20 heavy (non-hydrogen) atoms. The van der Waals surface area contributed by atoms with E-state index in [0.29, 0.717) is 6.54 Å². The molecule has 1 aliphatic heterocycles. The topological polar surface area (TPSA) is 66.8 Å². The van der Waals surface area contributed by atoms with Gasteiger partial charge < -0.3 is 14.7 Å². The Labute approximate surface area is 118 Å². The second-order valence-electron chi connectivity index (χ2n) is 7.14. The van der Waals surface area contributed by atoms with Crippen molar-refractivity contribution in [3.63, 3.8) is 0 Å². The lowest BCUT2D eigenvalue weighted by atomic mass is 9.61. The van der Waals surface area contributed by atoms with Gasteiger partial charge in [0.2, 0.25) is 5.67 Å². The fraction of sp³-hybridized carbons (Fsp3) is 0.857. The van der Waals surface area contributed by atoms with Gasteiger partial charge in [0.1, 0.15) is 5.60 Å². The van der Waals surface area contributed by atoms with E-state index >= 15 is 0 Å². The van der Waals surface area contributed by atoms with Gasteiger partial charge in [0, 0.05) is 13.0 Å². The number of alkyl halides is 1. The summed E-state index contributed by atoms with van der Waals surface area (Å²) in [5.74, 6) is -1.49. The Morgan fingerprint density at radius 1 is 1.25 bits per heavy atom. The molecule has 1 aliphatic carbocycles. The van der Waals surface area contributed by atoms with Crippen LogP contribution >= 0.6 is 0 Å². The maximum Gasteiger partial charge on any atom is 0.410 e. The Kier molecular flexibility index (Phi) is 3.47. The molecule has 2 aliphatic rings. The molecule has 5 nitrogen and oxygen atoms in total. The molecule has 2 fully saturated rings. The Morgan fingerprint density at radius 3 is 2.25 bits per heavy atom. The number of amides is 1. The van der Waals surface area contributed by atoms with Crippen LogP contribution in [0.15, 0.2) is 0 Å². The van der Waals surface area contributed by atoms with E-state index in [2.05, 4.69) is 0 Å². The SMILES string of the molecule is CC(C)(C)OC(=O)N1CC2(CCC2)CC(F)(C(=O)O)C1. The summed E-state index contributed by atoms with van der Waals surface area (Å²) < 4.78 is 19.8. The van der Waals surface area contributed by atoms with Crippen molar-refractivity contribution in [2.24, 2.45) is 5.41 Å². The number of nitrogens with zero attached hydrogens (tertiary/aromatic N) is 1. The molecule has 1 amide bonds. The molecule has 2 rings (SSSR count). The summed E-state index contributed by atoms with van der Waals surface area (Å²) in [6, 6.07) is 0. The number of ether oxygens (including phenoxy) is 1. The lowest BCUT2D eigenvalue weighted by molar-refractivity contribution is -0.162. The van der Waals surface area contributed by atoms with Crippen LogP contribution in [0.1, 0.15) is 46.5 Å². The zero-order valence-electron chi connectivity index (χ0n) is 12.2. The number of aliphatic carboxylic acids is 1. The molecule has 0 aromatic rings. The van der Waals surface area contributed by atoms with E-state index in [1.165, 1.54) is 4.90 Å². The highest BCUT2D eigenvalue weighted by atomic mass is 19.1. The molecule has 1 spiro atoms. The average Bonchev–Trinajstić information content (AvgIpc) is 2.23. The number of carbonyl (C=O) groups is 2. The lowest BCUT2D eigenvalue weighted by Crippen LogP contribution is -2.61. The number of halogens is 1. The van der Waals surface area contributed by atoms with Gasteiger partial charge >= 0.3 is 12.1 Å². The van der Waals surface area contributed by atoms with E-state index in [-0.39, 0.29) is 11.8 Å². The third-order valence-electron chi connectivity index (χ3n) is 4.07. The zero-order valence-corrected chi connectivity index (χ0v) is 12.2. The van der Waals surface area contributed by atoms with E-state index in [1.807, 2.05) is 0 Å². The molecule has 0 aromatic heterocycles. The molecule has 0 bridgehead atoms. The van der Waals surface area contributed by atoms with Crippen molar-refractivity contribution in [2.45, 2.75) is 57.7 Å². The van der Waals surface area contributed by atoms with E-state index in [0.717, 1.165) is 19.3 Å². The Bertz CT molecular complexity index is 427. The summed E-state index contributed by atoms with van der Waals surface area (Å²) in [6.07, 6.45) is 1.86. The maximum atomic E-state index is 14.6. The van der Waals surface area contributed by atoms with Gasteiger partial charge in [-0.05, 0) is 39.0 Å². The minimum absolute atomic E-state index is 0.00533. The maximum absolute atomic E-state index is 14.6. The number of likely N-dealkylation sites (tertiary alicyclic amines) is 1. The molecule has 1 heterocycles. The van der Waals surface area contributed by atoms with Crippen LogP contribution in [-0.2, 0) is 9.53 Å². The van der Waals surface area contributed by atoms with Gasteiger partial charge in [-0.25, -0.2) is 14.0 Å². The van der Waals surface area contributed by atoms with E-state index in [1.54, 1.807) is 20.8 Å². The molecule has 1 atom stereocenters. The van der Waals surface area contributed by atoms with Crippen molar-refractivity contribution in [3.05, 3.63) is 0 Å². The Hall–Kier alpha value is -1.33. The van der Waals surface area contributed by atoms with Crippen LogP contribution in [0.5, 0.6) is 0 Å². The fourth-order valence-corrected chi connectivity index (χ4v) is 3.08. The highest BCUT2D eigenvalue weighted by molar-refractivity contribution is 5.79. The second-order valence-corrected chi connectivity index (χ2v) is 7.14. The van der Waals surface area contributed by atoms with Crippen molar-refractivity contribution >= 4 is 12.1 Å². The zero-order chi connectivity index (χ0) is 15.2. The van der Waals surface area contributed by atoms with Gasteiger partial charge in [-0.2, -0.15) is 0 Å². The third-order valence-corrected chi connectivity index (χ3v) is 4.07. The van der Waals surface area contributed by atoms with E-state index in [4.69, 9.17) is 9.84 Å². The van der Waals surface area contributed by atoms with Crippen molar-refractivity contribution in [1.82, 2.24) is 4.90 Å². The van der Waals surface area contributed by atoms with Gasteiger partial charge in [0.25, 0.3) is 0 Å². The molecule has 1 saturated carbocycles. The van der Waals surface area contributed by atoms with E-state index < -0.39 is 29.9 Å². The molecular weight excluding hydrogens is 265 g/mol. The summed E-state index contributed by atoms with van der Waals surface area (Å²) in [6.45, 7) is 5.15. The lowest BCUT2D eigenvalue weighted by Gasteiger charge is -2.52. The minimum atomic E-state index is -2.37. The van der Waals surface area contributed by atoms with Crippen LogP contribution in [0.25, 0.3) is 0 Å². The fourth-order valence-electron chi connectivity index (χ4n) is 3.08. The van der Waals surface area contributed by atoms with E-state index in [9.17, 15) is 14.0 Å². The first kappa shape index (κ1) is 15.1. The van der Waals surface area contributed by atoms with Crippen molar-refractivity contribution in [1.29, 1.82) is 0 Å². The predicted molar refractivity (Wildman–Crippen MR) is 70.2 cm³/mol. The largest absolute Gasteiger partial charge is 0.479 e. The van der Waals surface area contributed by atoms with Gasteiger partial charge in [0.05, 0.1) is 6.54 Å². The highest BCUT2D eigenvalue weighted by Gasteiger charge is 2.56. The van der Waals surface area contributed by atoms with Gasteiger partial charge in [-0.1, -0.05) is 6.42 Å². The summed E-state index contributed by atoms with van der Waals surface area (Å²) in [4.78, 5) is 24.5. The normalized spacial score (nSPS) is 28.9. The minimum Gasteiger partial charge on any atom is -0.479 e. The molecule has 0 radical (unpaired) electrons. The first-order valence-electron chi connectivity index (χ1n) is 6.96. The quantitative estimate of drug-likeness (QED) is 0.805. The van der Waals surface area contributed by atoms with Crippen molar-refractivity contribution in [2.75, 3.05) is 13.1 Å². The third kappa shape index (κ3) is 2.88. The number of piperidine rings is 1. The van der Waals surface area contributed by atoms with Crippen LogP contribution in [0.4, 0.5) is 9.18 Å². The number of rotatable bonds is 1. The number of carboxylic acids is 1. The number of hydrogen-bond acceptors (Lipinski definition) is 3. The van der Waals surface area contributed by atoms with Gasteiger partial charge in [-0.3, -0.25) is 0 Å². The van der Waals surface area contributed by atoms with Gasteiger partial charge in [0.15, 0.2) is 0 Å². The summed E-state index contributed by atoms with van der Waals surface area (Å²) in [5.41, 5.74) is -3.43. The number of hydrogen-bond donors (Lipinski definition) is 1. The Morgan fingerprint density at radius 2 is 1.85 bits per heavy atom. The summed E-state index contributed by atoms with van der Waals surface area (Å²) >= 11 is 0. The van der Waals surface area contributed by atoms with Crippen LogP contribution in [0, 0.1) is 5.41 Å². The average molecular weight is 287 g/mol. The van der Waals surface area contributed by atoms with Crippen molar-refractivity contribution in [3.8, 4) is 0 Å². The van der Waals surface area contributed by atoms with Crippen LogP contribution in [0.3, 0.4) is 0 Å². The predicted octanol–water partition coefficient (Wildman–Crippen LogP) is 2.59. The Balaban J connectivity index is 2.16. The second kappa shape index (κ2) is 4.60. The van der Waals surface area contributed by atoms with Crippen LogP contribution in [0.2, 0.25) is 0 Å². The number of carboxylic acid groups (broad SMARTS) is 1.